The van der Waals surface area contributed by atoms with E-state index in [1.807, 2.05) is 0 Å². The Morgan fingerprint density at radius 3 is 2.79 bits per heavy atom. The number of rotatable bonds is 3. The number of pyridine rings is 1. The Morgan fingerprint density at radius 1 is 1.42 bits per heavy atom. The van der Waals surface area contributed by atoms with Crippen LogP contribution in [0.4, 0.5) is 4.79 Å². The van der Waals surface area contributed by atoms with Crippen LogP contribution >= 0.6 is 0 Å². The number of likely N-dealkylation sites (tertiary alicyclic amines) is 1. The molecule has 1 aliphatic rings. The van der Waals surface area contributed by atoms with E-state index in [9.17, 15) is 9.59 Å². The number of hydrogen-bond acceptors (Lipinski definition) is 4. The fraction of sp³-hybridized carbons (Fsp3) is 0.462. The minimum absolute atomic E-state index is 0.197. The lowest BCUT2D eigenvalue weighted by Gasteiger charge is -2.32. The summed E-state index contributed by atoms with van der Waals surface area (Å²) in [4.78, 5) is 28.7. The van der Waals surface area contributed by atoms with Crippen LogP contribution in [0.25, 0.3) is 0 Å². The lowest BCUT2D eigenvalue weighted by Crippen LogP contribution is -2.47. The van der Waals surface area contributed by atoms with Gasteiger partial charge >= 0.3 is 6.09 Å². The average molecular weight is 264 g/mol. The van der Waals surface area contributed by atoms with Crippen molar-refractivity contribution in [3.63, 3.8) is 0 Å². The molecule has 2 heterocycles. The van der Waals surface area contributed by atoms with Crippen LogP contribution in [0.5, 0.6) is 5.88 Å². The van der Waals surface area contributed by atoms with Crippen LogP contribution in [0, 0.1) is 0 Å². The molecular formula is C13H16N2O4. The monoisotopic (exact) mass is 264 g/mol. The van der Waals surface area contributed by atoms with Gasteiger partial charge in [0.25, 0.3) is 0 Å². The van der Waals surface area contributed by atoms with Crippen LogP contribution in [-0.2, 0) is 0 Å². The van der Waals surface area contributed by atoms with E-state index in [0.717, 1.165) is 12.8 Å². The van der Waals surface area contributed by atoms with Gasteiger partial charge in [0.05, 0.1) is 13.2 Å². The quantitative estimate of drug-likeness (QED) is 0.842. The van der Waals surface area contributed by atoms with Gasteiger partial charge in [0.2, 0.25) is 5.88 Å². The smallest absolute Gasteiger partial charge is 0.407 e. The molecule has 1 fully saturated rings. The van der Waals surface area contributed by atoms with E-state index in [4.69, 9.17) is 9.84 Å². The fourth-order valence-corrected chi connectivity index (χ4v) is 2.27. The van der Waals surface area contributed by atoms with Crippen molar-refractivity contribution in [3.05, 3.63) is 23.9 Å². The van der Waals surface area contributed by atoms with Crippen molar-refractivity contribution in [2.75, 3.05) is 13.7 Å². The van der Waals surface area contributed by atoms with Gasteiger partial charge in [0.1, 0.15) is 0 Å². The molecule has 2 rings (SSSR count). The Morgan fingerprint density at radius 2 is 2.21 bits per heavy atom. The highest BCUT2D eigenvalue weighted by atomic mass is 16.5. The largest absolute Gasteiger partial charge is 0.481 e. The molecule has 0 spiro atoms. The fourth-order valence-electron chi connectivity index (χ4n) is 2.27. The Labute approximate surface area is 111 Å². The molecule has 1 amide bonds. The topological polar surface area (TPSA) is 79.7 Å². The second kappa shape index (κ2) is 5.69. The zero-order valence-corrected chi connectivity index (χ0v) is 10.7. The highest BCUT2D eigenvalue weighted by molar-refractivity contribution is 6.01. The molecule has 0 radical (unpaired) electrons. The molecule has 0 aliphatic carbocycles. The minimum atomic E-state index is -1.04. The number of nitrogens with zero attached hydrogens (tertiary/aromatic N) is 2. The second-order valence-electron chi connectivity index (χ2n) is 4.44. The van der Waals surface area contributed by atoms with Gasteiger partial charge in [-0.05, 0) is 25.3 Å². The molecule has 0 saturated carbocycles. The zero-order chi connectivity index (χ0) is 13.8. The summed E-state index contributed by atoms with van der Waals surface area (Å²) in [5, 5.41) is 9.12. The van der Waals surface area contributed by atoms with Gasteiger partial charge in [0, 0.05) is 24.4 Å². The van der Waals surface area contributed by atoms with Gasteiger partial charge < -0.3 is 9.84 Å². The van der Waals surface area contributed by atoms with E-state index in [0.29, 0.717) is 24.4 Å². The maximum atomic E-state index is 12.3. The number of carbonyl (C=O) groups excluding carboxylic acids is 1. The predicted molar refractivity (Wildman–Crippen MR) is 67.5 cm³/mol. The average Bonchev–Trinajstić information content (AvgIpc) is 2.46. The van der Waals surface area contributed by atoms with Crippen LogP contribution in [0.1, 0.15) is 29.6 Å². The molecule has 1 atom stereocenters. The molecule has 1 aromatic rings. The third kappa shape index (κ3) is 2.83. The van der Waals surface area contributed by atoms with Crippen LogP contribution < -0.4 is 4.74 Å². The number of methoxy groups -OCH3 is 1. The second-order valence-corrected chi connectivity index (χ2v) is 4.44. The van der Waals surface area contributed by atoms with Crippen molar-refractivity contribution in [3.8, 4) is 5.88 Å². The zero-order valence-electron chi connectivity index (χ0n) is 10.7. The first-order valence-corrected chi connectivity index (χ1v) is 6.17. The van der Waals surface area contributed by atoms with Crippen LogP contribution in [0.3, 0.4) is 0 Å². The summed E-state index contributed by atoms with van der Waals surface area (Å²) in [5.74, 6) is 0.229. The van der Waals surface area contributed by atoms with Crippen molar-refractivity contribution in [1.82, 2.24) is 9.88 Å². The standard InChI is InChI=1S/C13H16N2O4/c1-19-11-6-5-9(8-14-11)12(16)10-4-2-3-7-15(10)13(17)18/h5-6,8,10H,2-4,7H2,1H3,(H,17,18). The number of ketones is 1. The summed E-state index contributed by atoms with van der Waals surface area (Å²) in [6.07, 6.45) is 2.62. The maximum Gasteiger partial charge on any atom is 0.407 e. The highest BCUT2D eigenvalue weighted by Crippen LogP contribution is 2.21. The summed E-state index contributed by atoms with van der Waals surface area (Å²) in [5.41, 5.74) is 0.416. The molecule has 1 saturated heterocycles. The number of carboxylic acid groups (broad SMARTS) is 1. The number of aromatic nitrogens is 1. The molecule has 0 bridgehead atoms. The number of hydrogen-bond donors (Lipinski definition) is 1. The van der Waals surface area contributed by atoms with Gasteiger partial charge in [-0.15, -0.1) is 0 Å². The highest BCUT2D eigenvalue weighted by Gasteiger charge is 2.32. The molecule has 1 N–H and O–H groups in total. The lowest BCUT2D eigenvalue weighted by molar-refractivity contribution is 0.0713. The van der Waals surface area contributed by atoms with E-state index in [-0.39, 0.29) is 5.78 Å². The van der Waals surface area contributed by atoms with E-state index in [2.05, 4.69) is 4.98 Å². The van der Waals surface area contributed by atoms with E-state index < -0.39 is 12.1 Å². The van der Waals surface area contributed by atoms with Crippen molar-refractivity contribution in [1.29, 1.82) is 0 Å². The van der Waals surface area contributed by atoms with E-state index in [1.54, 1.807) is 12.1 Å². The number of ether oxygens (including phenoxy) is 1. The molecular weight excluding hydrogens is 248 g/mol. The summed E-state index contributed by atoms with van der Waals surface area (Å²) in [7, 11) is 1.50. The Hall–Kier alpha value is -2.11. The minimum Gasteiger partial charge on any atom is -0.481 e. The van der Waals surface area contributed by atoms with Crippen molar-refractivity contribution in [2.24, 2.45) is 0 Å². The first-order valence-electron chi connectivity index (χ1n) is 6.17. The van der Waals surface area contributed by atoms with Crippen LogP contribution in [0.15, 0.2) is 18.3 Å². The van der Waals surface area contributed by atoms with Gasteiger partial charge in [0.15, 0.2) is 5.78 Å². The number of carbonyl (C=O) groups is 2. The Bertz CT molecular complexity index is 472. The van der Waals surface area contributed by atoms with Gasteiger partial charge in [-0.3, -0.25) is 9.69 Å². The summed E-state index contributed by atoms with van der Waals surface area (Å²) >= 11 is 0. The number of amides is 1. The molecule has 102 valence electrons. The first kappa shape index (κ1) is 13.3. The molecule has 19 heavy (non-hydrogen) atoms. The van der Waals surface area contributed by atoms with Crippen LogP contribution in [-0.4, -0.2) is 46.6 Å². The lowest BCUT2D eigenvalue weighted by atomic mass is 9.95. The van der Waals surface area contributed by atoms with Crippen molar-refractivity contribution < 1.29 is 19.4 Å². The van der Waals surface area contributed by atoms with Crippen LogP contribution in [0.2, 0.25) is 0 Å². The van der Waals surface area contributed by atoms with Gasteiger partial charge in [-0.2, -0.15) is 0 Å². The first-order chi connectivity index (χ1) is 9.13. The molecule has 1 aromatic heterocycles. The SMILES string of the molecule is COc1ccc(C(=O)C2CCCCN2C(=O)O)cn1. The van der Waals surface area contributed by atoms with Crippen molar-refractivity contribution >= 4 is 11.9 Å². The molecule has 6 nitrogen and oxygen atoms in total. The molecule has 1 unspecified atom stereocenters. The summed E-state index contributed by atoms with van der Waals surface area (Å²) < 4.78 is 4.93. The Kier molecular flexibility index (Phi) is 3.99. The van der Waals surface area contributed by atoms with Gasteiger partial charge in [-0.25, -0.2) is 9.78 Å². The third-order valence-corrected chi connectivity index (χ3v) is 3.28. The summed E-state index contributed by atoms with van der Waals surface area (Å²) in [6.45, 7) is 0.412. The predicted octanol–water partition coefficient (Wildman–Crippen LogP) is 1.81. The normalized spacial score (nSPS) is 19.0. The number of piperidine rings is 1. The Balaban J connectivity index is 2.18. The molecule has 6 heteroatoms. The van der Waals surface area contributed by atoms with E-state index in [1.165, 1.54) is 18.2 Å². The summed E-state index contributed by atoms with van der Waals surface area (Å²) in [6, 6.07) is 2.62. The molecule has 1 aliphatic heterocycles. The number of Topliss-reactive ketones (excluding diaryl/α,β-unsaturated/α-hetero) is 1. The molecule has 0 aromatic carbocycles. The third-order valence-electron chi connectivity index (χ3n) is 3.28. The van der Waals surface area contributed by atoms with E-state index >= 15 is 0 Å². The maximum absolute atomic E-state index is 12.3. The van der Waals surface area contributed by atoms with Crippen molar-refractivity contribution in [2.45, 2.75) is 25.3 Å². The van der Waals surface area contributed by atoms with Gasteiger partial charge in [-0.1, -0.05) is 0 Å².